The number of benzene rings is 1. The van der Waals surface area contributed by atoms with E-state index in [2.05, 4.69) is 21.7 Å². The van der Waals surface area contributed by atoms with Crippen LogP contribution in [0.25, 0.3) is 0 Å². The Morgan fingerprint density at radius 2 is 2.17 bits per heavy atom. The lowest BCUT2D eigenvalue weighted by Crippen LogP contribution is -2.34. The maximum atomic E-state index is 14.2. The van der Waals surface area contributed by atoms with Crippen molar-refractivity contribution >= 4 is 23.9 Å². The van der Waals surface area contributed by atoms with Crippen molar-refractivity contribution in [2.75, 3.05) is 32.6 Å². The van der Waals surface area contributed by atoms with Gasteiger partial charge in [-0.25, -0.2) is 9.37 Å². The molecule has 4 N–H and O–H groups in total. The fourth-order valence-corrected chi connectivity index (χ4v) is 3.93. The number of aliphatic carboxylic acids is 1. The molecule has 1 aromatic carbocycles. The van der Waals surface area contributed by atoms with Crippen molar-refractivity contribution in [2.24, 2.45) is 0 Å². The molecule has 1 atom stereocenters. The van der Waals surface area contributed by atoms with Crippen LogP contribution in [0.2, 0.25) is 0 Å². The van der Waals surface area contributed by atoms with Gasteiger partial charge in [0, 0.05) is 44.7 Å². The molecule has 1 amide bonds. The normalized spacial score (nSPS) is 13.7. The Bertz CT molecular complexity index is 1120. The summed E-state index contributed by atoms with van der Waals surface area (Å²) in [6.45, 7) is 1.40. The SMILES string of the molecule is COc1ccc([C@H](CC(=O)O)N(C)C(=O)/C(C=N)=C/NCCc2ccc3c(n2)NCCC3)cc1F. The summed E-state index contributed by atoms with van der Waals surface area (Å²) in [4.78, 5) is 30.3. The van der Waals surface area contributed by atoms with Crippen molar-refractivity contribution in [3.05, 3.63) is 64.7 Å². The lowest BCUT2D eigenvalue weighted by Gasteiger charge is -2.28. The maximum Gasteiger partial charge on any atom is 0.305 e. The van der Waals surface area contributed by atoms with Crippen LogP contribution in [0, 0.1) is 11.2 Å². The number of carbonyl (C=O) groups is 2. The summed E-state index contributed by atoms with van der Waals surface area (Å²) in [7, 11) is 2.76. The molecule has 2 aromatic rings. The molecule has 35 heavy (non-hydrogen) atoms. The first-order valence-corrected chi connectivity index (χ1v) is 11.3. The Kier molecular flexibility index (Phi) is 8.77. The van der Waals surface area contributed by atoms with E-state index in [0.29, 0.717) is 18.5 Å². The number of carbonyl (C=O) groups excluding carboxylic acids is 1. The average Bonchev–Trinajstić information content (AvgIpc) is 2.86. The molecule has 186 valence electrons. The predicted octanol–water partition coefficient (Wildman–Crippen LogP) is 2.93. The van der Waals surface area contributed by atoms with Gasteiger partial charge >= 0.3 is 5.97 Å². The summed E-state index contributed by atoms with van der Waals surface area (Å²) in [5.41, 5.74) is 2.46. The number of halogens is 1. The second kappa shape index (κ2) is 12.0. The molecule has 0 unspecified atom stereocenters. The Labute approximate surface area is 203 Å². The second-order valence-electron chi connectivity index (χ2n) is 8.21. The highest BCUT2D eigenvalue weighted by Crippen LogP contribution is 2.28. The molecular formula is C25H30FN5O4. The number of fused-ring (bicyclic) bond motifs is 1. The minimum absolute atomic E-state index is 0.0188. The number of nitrogens with zero attached hydrogens (tertiary/aromatic N) is 2. The molecule has 0 spiro atoms. The van der Waals surface area contributed by atoms with Crippen molar-refractivity contribution in [3.63, 3.8) is 0 Å². The Hall–Kier alpha value is -3.95. The number of likely N-dealkylation sites (N-methyl/N-ethyl adjacent to an activating group) is 1. The van der Waals surface area contributed by atoms with Gasteiger partial charge < -0.3 is 30.8 Å². The van der Waals surface area contributed by atoms with Crippen molar-refractivity contribution < 1.29 is 23.8 Å². The van der Waals surface area contributed by atoms with Crippen molar-refractivity contribution in [2.45, 2.75) is 31.7 Å². The molecule has 0 saturated heterocycles. The highest BCUT2D eigenvalue weighted by molar-refractivity contribution is 6.11. The van der Waals surface area contributed by atoms with Gasteiger partial charge in [-0.1, -0.05) is 12.1 Å². The summed E-state index contributed by atoms with van der Waals surface area (Å²) < 4.78 is 19.1. The molecule has 0 radical (unpaired) electrons. The fraction of sp³-hybridized carbons (Fsp3) is 0.360. The number of methoxy groups -OCH3 is 1. The number of pyridine rings is 1. The van der Waals surface area contributed by atoms with Gasteiger partial charge in [0.2, 0.25) is 0 Å². The van der Waals surface area contributed by atoms with Crippen LogP contribution in [-0.2, 0) is 22.4 Å². The molecule has 0 saturated carbocycles. The van der Waals surface area contributed by atoms with E-state index in [0.717, 1.165) is 43.2 Å². The third kappa shape index (κ3) is 6.56. The molecule has 0 bridgehead atoms. The van der Waals surface area contributed by atoms with E-state index in [1.54, 1.807) is 0 Å². The summed E-state index contributed by atoms with van der Waals surface area (Å²) in [6.07, 6.45) is 4.63. The largest absolute Gasteiger partial charge is 0.494 e. The van der Waals surface area contributed by atoms with Crippen LogP contribution in [-0.4, -0.2) is 60.3 Å². The number of aromatic nitrogens is 1. The number of hydrogen-bond acceptors (Lipinski definition) is 7. The molecule has 1 aromatic heterocycles. The number of hydrogen-bond donors (Lipinski definition) is 4. The van der Waals surface area contributed by atoms with Crippen LogP contribution in [0.3, 0.4) is 0 Å². The smallest absolute Gasteiger partial charge is 0.305 e. The molecular weight excluding hydrogens is 453 g/mol. The number of amides is 1. The van der Waals surface area contributed by atoms with Gasteiger partial charge in [-0.15, -0.1) is 0 Å². The van der Waals surface area contributed by atoms with Crippen LogP contribution in [0.1, 0.15) is 35.7 Å². The van der Waals surface area contributed by atoms with Gasteiger partial charge in [0.15, 0.2) is 11.6 Å². The molecule has 0 fully saturated rings. The molecule has 10 heteroatoms. The van der Waals surface area contributed by atoms with Crippen LogP contribution in [0.5, 0.6) is 5.75 Å². The molecule has 1 aliphatic rings. The number of carboxylic acids is 1. The van der Waals surface area contributed by atoms with Crippen molar-refractivity contribution in [1.29, 1.82) is 5.41 Å². The summed E-state index contributed by atoms with van der Waals surface area (Å²) in [5, 5.41) is 23.4. The van der Waals surface area contributed by atoms with Crippen LogP contribution in [0.15, 0.2) is 42.1 Å². The lowest BCUT2D eigenvalue weighted by atomic mass is 10.0. The zero-order chi connectivity index (χ0) is 25.4. The highest BCUT2D eigenvalue weighted by atomic mass is 19.1. The van der Waals surface area contributed by atoms with Gasteiger partial charge in [-0.2, -0.15) is 0 Å². The van der Waals surface area contributed by atoms with E-state index < -0.39 is 30.2 Å². The van der Waals surface area contributed by atoms with Crippen LogP contribution < -0.4 is 15.4 Å². The van der Waals surface area contributed by atoms with Crippen LogP contribution in [0.4, 0.5) is 10.2 Å². The first-order chi connectivity index (χ1) is 16.8. The third-order valence-corrected chi connectivity index (χ3v) is 5.85. The number of rotatable bonds is 11. The quantitative estimate of drug-likeness (QED) is 0.220. The molecule has 9 nitrogen and oxygen atoms in total. The number of aryl methyl sites for hydroxylation is 1. The minimum Gasteiger partial charge on any atom is -0.494 e. The molecule has 1 aliphatic heterocycles. The Morgan fingerprint density at radius 1 is 1.37 bits per heavy atom. The standard InChI is InChI=1S/C25H30FN5O4/c1-31(21(13-23(32)33)17-6-8-22(35-2)20(26)12-17)25(34)18(14-27)15-28-11-9-19-7-5-16-4-3-10-29-24(16)30-19/h5-8,12,14-15,21,27-28H,3-4,9-11,13H2,1-2H3,(H,29,30)(H,32,33)/b18-15+,27-14?/t21-/m0/s1. The molecule has 0 aliphatic carbocycles. The zero-order valence-corrected chi connectivity index (χ0v) is 19.8. The number of anilines is 1. The fourth-order valence-electron chi connectivity index (χ4n) is 3.93. The minimum atomic E-state index is -1.14. The average molecular weight is 484 g/mol. The van der Waals surface area contributed by atoms with E-state index in [-0.39, 0.29) is 11.3 Å². The molecule has 3 rings (SSSR count). The Balaban J connectivity index is 1.67. The molecule has 2 heterocycles. The number of ether oxygens (including phenoxy) is 1. The van der Waals surface area contributed by atoms with E-state index in [9.17, 15) is 19.1 Å². The van der Waals surface area contributed by atoms with Crippen molar-refractivity contribution in [3.8, 4) is 5.75 Å². The Morgan fingerprint density at radius 3 is 2.86 bits per heavy atom. The van der Waals surface area contributed by atoms with Gasteiger partial charge in [0.1, 0.15) is 5.82 Å². The first kappa shape index (κ1) is 25.7. The van der Waals surface area contributed by atoms with Gasteiger partial charge in [0.25, 0.3) is 5.91 Å². The summed E-state index contributed by atoms with van der Waals surface area (Å²) in [6, 6.07) is 7.19. The third-order valence-electron chi connectivity index (χ3n) is 5.85. The van der Waals surface area contributed by atoms with Crippen LogP contribution >= 0.6 is 0 Å². The lowest BCUT2D eigenvalue weighted by molar-refractivity contribution is -0.139. The van der Waals surface area contributed by atoms with Gasteiger partial charge in [-0.05, 0) is 42.2 Å². The van der Waals surface area contributed by atoms with Crippen molar-refractivity contribution in [1.82, 2.24) is 15.2 Å². The van der Waals surface area contributed by atoms with Gasteiger partial charge in [0.05, 0.1) is 25.1 Å². The highest BCUT2D eigenvalue weighted by Gasteiger charge is 2.26. The van der Waals surface area contributed by atoms with E-state index >= 15 is 0 Å². The number of nitrogens with one attached hydrogen (secondary N) is 3. The maximum absolute atomic E-state index is 14.2. The van der Waals surface area contributed by atoms with Gasteiger partial charge in [-0.3, -0.25) is 9.59 Å². The van der Waals surface area contributed by atoms with E-state index in [4.69, 9.17) is 10.1 Å². The monoisotopic (exact) mass is 483 g/mol. The van der Waals surface area contributed by atoms with E-state index in [1.807, 2.05) is 6.07 Å². The van der Waals surface area contributed by atoms with E-state index in [1.165, 1.54) is 43.0 Å². The zero-order valence-electron chi connectivity index (χ0n) is 19.8. The summed E-state index contributed by atoms with van der Waals surface area (Å²) >= 11 is 0. The predicted molar refractivity (Wildman–Crippen MR) is 130 cm³/mol. The summed E-state index contributed by atoms with van der Waals surface area (Å²) in [5.74, 6) is -1.43. The second-order valence-corrected chi connectivity index (χ2v) is 8.21. The number of carboxylic acid groups (broad SMARTS) is 1. The first-order valence-electron chi connectivity index (χ1n) is 11.3. The topological polar surface area (TPSA) is 128 Å².